The maximum absolute atomic E-state index is 11.1. The van der Waals surface area contributed by atoms with Gasteiger partial charge in [0.1, 0.15) is 11.9 Å². The van der Waals surface area contributed by atoms with Crippen molar-refractivity contribution < 1.29 is 9.84 Å². The average molecular weight is 459 g/mol. The van der Waals surface area contributed by atoms with Crippen LogP contribution < -0.4 is 4.74 Å². The molecule has 0 aliphatic carbocycles. The summed E-state index contributed by atoms with van der Waals surface area (Å²) >= 11 is 18.3. The van der Waals surface area contributed by atoms with E-state index < -0.39 is 12.3 Å². The van der Waals surface area contributed by atoms with E-state index in [4.69, 9.17) is 39.5 Å². The Hall–Kier alpha value is -2.43. The lowest BCUT2D eigenvalue weighted by Crippen LogP contribution is -2.22. The van der Waals surface area contributed by atoms with Gasteiger partial charge in [0, 0.05) is 33.0 Å². The van der Waals surface area contributed by atoms with E-state index in [1.807, 2.05) is 73.1 Å². The maximum Gasteiger partial charge on any atom is 0.206 e. The molecule has 3 aromatic carbocycles. The number of hydrogen-bond acceptors (Lipinski definition) is 2. The first-order chi connectivity index (χ1) is 14.5. The number of aliphatic hydroxyl groups is 1. The normalized spacial score (nSPS) is 13.1. The fraction of sp³-hybridized carbons (Fsp3) is 0.0833. The highest BCUT2D eigenvalue weighted by atomic mass is 35.5. The van der Waals surface area contributed by atoms with Crippen molar-refractivity contribution in [2.45, 2.75) is 12.3 Å². The second-order valence-corrected chi connectivity index (χ2v) is 8.06. The highest BCUT2D eigenvalue weighted by molar-refractivity contribution is 6.35. The van der Waals surface area contributed by atoms with Gasteiger partial charge >= 0.3 is 0 Å². The minimum Gasteiger partial charge on any atom is -0.467 e. The quantitative estimate of drug-likeness (QED) is 0.326. The van der Waals surface area contributed by atoms with Crippen molar-refractivity contribution in [2.75, 3.05) is 0 Å². The van der Waals surface area contributed by atoms with Crippen molar-refractivity contribution in [1.82, 2.24) is 4.57 Å². The number of nitrogens with zero attached hydrogens (tertiary/aromatic N) is 1. The van der Waals surface area contributed by atoms with Crippen molar-refractivity contribution in [3.05, 3.63) is 112 Å². The van der Waals surface area contributed by atoms with Gasteiger partial charge < -0.3 is 14.4 Å². The van der Waals surface area contributed by atoms with E-state index in [2.05, 4.69) is 0 Å². The number of ether oxygens (including phenoxy) is 1. The van der Waals surface area contributed by atoms with Gasteiger partial charge in [-0.3, -0.25) is 0 Å². The summed E-state index contributed by atoms with van der Waals surface area (Å²) in [6, 6.07) is 24.1. The Morgan fingerprint density at radius 1 is 0.733 bits per heavy atom. The first-order valence-electron chi connectivity index (χ1n) is 9.29. The van der Waals surface area contributed by atoms with Gasteiger partial charge in [-0.25, -0.2) is 0 Å². The SMILES string of the molecule is OC(c1ccc(Cl)cc1Cl)C(Oc1ccc(-c2ccc(Cl)cc2)cc1)n1cccc1. The molecular formula is C24H18Cl3NO2. The first kappa shape index (κ1) is 20.8. The van der Waals surface area contributed by atoms with E-state index in [0.717, 1.165) is 11.1 Å². The molecule has 3 nitrogen and oxygen atoms in total. The zero-order chi connectivity index (χ0) is 21.1. The monoisotopic (exact) mass is 457 g/mol. The Balaban J connectivity index is 1.60. The molecule has 0 aliphatic rings. The summed E-state index contributed by atoms with van der Waals surface area (Å²) in [5, 5.41) is 12.6. The van der Waals surface area contributed by atoms with Crippen LogP contribution in [-0.2, 0) is 0 Å². The molecule has 4 aromatic rings. The van der Waals surface area contributed by atoms with E-state index in [1.165, 1.54) is 0 Å². The Morgan fingerprint density at radius 2 is 1.30 bits per heavy atom. The lowest BCUT2D eigenvalue weighted by Gasteiger charge is -2.26. The molecule has 0 fully saturated rings. The second kappa shape index (κ2) is 9.15. The van der Waals surface area contributed by atoms with Crippen molar-refractivity contribution in [3.8, 4) is 16.9 Å². The van der Waals surface area contributed by atoms with Crippen LogP contribution in [0.4, 0.5) is 0 Å². The van der Waals surface area contributed by atoms with Gasteiger partial charge in [-0.1, -0.05) is 65.1 Å². The zero-order valence-electron chi connectivity index (χ0n) is 15.8. The van der Waals surface area contributed by atoms with Gasteiger partial charge in [0.05, 0.1) is 0 Å². The van der Waals surface area contributed by atoms with E-state index in [0.29, 0.717) is 26.4 Å². The fourth-order valence-corrected chi connectivity index (χ4v) is 3.85. The highest BCUT2D eigenvalue weighted by Gasteiger charge is 2.26. The van der Waals surface area contributed by atoms with Crippen LogP contribution in [0.3, 0.4) is 0 Å². The second-order valence-electron chi connectivity index (χ2n) is 6.78. The maximum atomic E-state index is 11.1. The fourth-order valence-electron chi connectivity index (χ4n) is 3.21. The van der Waals surface area contributed by atoms with E-state index in [1.54, 1.807) is 22.8 Å². The topological polar surface area (TPSA) is 34.4 Å². The number of halogens is 3. The molecule has 2 atom stereocenters. The molecule has 0 saturated carbocycles. The summed E-state index contributed by atoms with van der Waals surface area (Å²) in [7, 11) is 0. The first-order valence-corrected chi connectivity index (χ1v) is 10.4. The molecule has 0 bridgehead atoms. The van der Waals surface area contributed by atoms with E-state index >= 15 is 0 Å². The predicted octanol–water partition coefficient (Wildman–Crippen LogP) is 7.43. The van der Waals surface area contributed by atoms with Gasteiger partial charge in [0.25, 0.3) is 0 Å². The van der Waals surface area contributed by atoms with Gasteiger partial charge in [0.2, 0.25) is 6.23 Å². The molecule has 1 heterocycles. The van der Waals surface area contributed by atoms with Crippen molar-refractivity contribution in [3.63, 3.8) is 0 Å². The smallest absolute Gasteiger partial charge is 0.206 e. The van der Waals surface area contributed by atoms with Crippen LogP contribution in [0.15, 0.2) is 91.3 Å². The molecule has 0 saturated heterocycles. The van der Waals surface area contributed by atoms with Crippen LogP contribution in [0.1, 0.15) is 17.9 Å². The third kappa shape index (κ3) is 4.66. The summed E-state index contributed by atoms with van der Waals surface area (Å²) in [4.78, 5) is 0. The summed E-state index contributed by atoms with van der Waals surface area (Å²) in [5.74, 6) is 0.621. The molecule has 0 amide bonds. The van der Waals surface area contributed by atoms with Crippen LogP contribution in [0, 0.1) is 0 Å². The largest absolute Gasteiger partial charge is 0.467 e. The lowest BCUT2D eigenvalue weighted by atomic mass is 10.1. The molecular weight excluding hydrogens is 441 g/mol. The van der Waals surface area contributed by atoms with Gasteiger partial charge in [0.15, 0.2) is 0 Å². The molecule has 152 valence electrons. The lowest BCUT2D eigenvalue weighted by molar-refractivity contribution is -0.0111. The van der Waals surface area contributed by atoms with Crippen LogP contribution in [0.25, 0.3) is 11.1 Å². The average Bonchev–Trinajstić information content (AvgIpc) is 3.27. The van der Waals surface area contributed by atoms with Crippen LogP contribution in [-0.4, -0.2) is 9.67 Å². The molecule has 6 heteroatoms. The van der Waals surface area contributed by atoms with Crippen molar-refractivity contribution >= 4 is 34.8 Å². The summed E-state index contributed by atoms with van der Waals surface area (Å²) in [6.45, 7) is 0. The number of benzene rings is 3. The number of hydrogen-bond donors (Lipinski definition) is 1. The van der Waals surface area contributed by atoms with Gasteiger partial charge in [-0.05, 0) is 59.7 Å². The molecule has 30 heavy (non-hydrogen) atoms. The molecule has 0 aliphatic heterocycles. The molecule has 1 aromatic heterocycles. The van der Waals surface area contributed by atoms with Gasteiger partial charge in [-0.2, -0.15) is 0 Å². The minimum atomic E-state index is -1.00. The number of aliphatic hydroxyl groups excluding tert-OH is 1. The van der Waals surface area contributed by atoms with Crippen molar-refractivity contribution in [2.24, 2.45) is 0 Å². The Bertz CT molecular complexity index is 1110. The van der Waals surface area contributed by atoms with Crippen molar-refractivity contribution in [1.29, 1.82) is 0 Å². The standard InChI is InChI=1S/C24H18Cl3NO2/c25-18-7-3-16(4-8-18)17-5-10-20(11-6-17)30-24(28-13-1-2-14-28)23(29)21-12-9-19(26)15-22(21)27/h1-15,23-24,29H. The Labute approximate surface area is 190 Å². The molecule has 0 spiro atoms. The third-order valence-corrected chi connectivity index (χ3v) is 5.58. The summed E-state index contributed by atoms with van der Waals surface area (Å²) in [5.41, 5.74) is 2.64. The van der Waals surface area contributed by atoms with Gasteiger partial charge in [-0.15, -0.1) is 0 Å². The van der Waals surface area contributed by atoms with E-state index in [9.17, 15) is 5.11 Å². The minimum absolute atomic E-state index is 0.383. The highest BCUT2D eigenvalue weighted by Crippen LogP contribution is 2.35. The zero-order valence-corrected chi connectivity index (χ0v) is 18.0. The molecule has 0 radical (unpaired) electrons. The molecule has 1 N–H and O–H groups in total. The number of aromatic nitrogens is 1. The third-order valence-electron chi connectivity index (χ3n) is 4.76. The Morgan fingerprint density at radius 3 is 1.90 bits per heavy atom. The summed E-state index contributed by atoms with van der Waals surface area (Å²) in [6.07, 6.45) is 1.96. The van der Waals surface area contributed by atoms with Crippen LogP contribution in [0.2, 0.25) is 15.1 Å². The number of rotatable bonds is 6. The summed E-state index contributed by atoms with van der Waals surface area (Å²) < 4.78 is 7.96. The predicted molar refractivity (Wildman–Crippen MR) is 122 cm³/mol. The molecule has 4 rings (SSSR count). The van der Waals surface area contributed by atoms with E-state index in [-0.39, 0.29) is 0 Å². The molecule has 2 unspecified atom stereocenters. The Kier molecular flexibility index (Phi) is 6.35. The van der Waals surface area contributed by atoms with Crippen LogP contribution >= 0.6 is 34.8 Å². The van der Waals surface area contributed by atoms with Crippen LogP contribution in [0.5, 0.6) is 5.75 Å².